The van der Waals surface area contributed by atoms with Gasteiger partial charge in [-0.1, -0.05) is 39.5 Å². The van der Waals surface area contributed by atoms with Crippen molar-refractivity contribution in [3.05, 3.63) is 36.4 Å². The summed E-state index contributed by atoms with van der Waals surface area (Å²) in [5.41, 5.74) is 1.01. The highest BCUT2D eigenvalue weighted by molar-refractivity contribution is 6.22. The van der Waals surface area contributed by atoms with Crippen LogP contribution in [0, 0.1) is 5.41 Å². The van der Waals surface area contributed by atoms with E-state index in [1.165, 1.54) is 0 Å². The van der Waals surface area contributed by atoms with E-state index in [-0.39, 0.29) is 5.78 Å². The molecule has 0 unspecified atom stereocenters. The Morgan fingerprint density at radius 3 is 2.06 bits per heavy atom. The summed E-state index contributed by atoms with van der Waals surface area (Å²) in [7, 11) is 1.62. The van der Waals surface area contributed by atoms with Gasteiger partial charge >= 0.3 is 0 Å². The number of hydrogen-bond donors (Lipinski definition) is 0. The topological polar surface area (TPSA) is 26.3 Å². The van der Waals surface area contributed by atoms with Gasteiger partial charge in [0.15, 0.2) is 5.78 Å². The van der Waals surface area contributed by atoms with E-state index in [0.717, 1.165) is 11.3 Å². The first kappa shape index (κ1) is 12.5. The average molecular weight is 218 g/mol. The van der Waals surface area contributed by atoms with Gasteiger partial charge in [0.1, 0.15) is 5.75 Å². The number of benzene rings is 1. The van der Waals surface area contributed by atoms with E-state index in [2.05, 4.69) is 6.58 Å². The Kier molecular flexibility index (Phi) is 3.53. The zero-order valence-electron chi connectivity index (χ0n) is 10.3. The number of ketones is 1. The van der Waals surface area contributed by atoms with E-state index in [1.54, 1.807) is 7.11 Å². The van der Waals surface area contributed by atoms with Crippen molar-refractivity contribution in [2.24, 2.45) is 5.41 Å². The Morgan fingerprint density at radius 2 is 1.69 bits per heavy atom. The summed E-state index contributed by atoms with van der Waals surface area (Å²) in [6.07, 6.45) is 0. The summed E-state index contributed by atoms with van der Waals surface area (Å²) in [6, 6.07) is 7.36. The van der Waals surface area contributed by atoms with E-state index in [4.69, 9.17) is 4.74 Å². The number of rotatable bonds is 3. The molecule has 0 spiro atoms. The van der Waals surface area contributed by atoms with Gasteiger partial charge in [-0.25, -0.2) is 0 Å². The molecule has 0 aromatic heterocycles. The molecule has 0 radical (unpaired) electrons. The predicted molar refractivity (Wildman–Crippen MR) is 66.5 cm³/mol. The number of carbonyl (C=O) groups excluding carboxylic acids is 1. The van der Waals surface area contributed by atoms with Crippen molar-refractivity contribution >= 4 is 11.4 Å². The number of carbonyl (C=O) groups is 1. The van der Waals surface area contributed by atoms with Crippen molar-refractivity contribution in [3.8, 4) is 5.75 Å². The van der Waals surface area contributed by atoms with Crippen molar-refractivity contribution in [1.82, 2.24) is 0 Å². The second kappa shape index (κ2) is 4.52. The number of hydrogen-bond acceptors (Lipinski definition) is 2. The number of Topliss-reactive ketones (excluding diaryl/α,β-unsaturated/α-hetero) is 1. The van der Waals surface area contributed by atoms with E-state index in [0.29, 0.717) is 5.57 Å². The molecule has 0 fully saturated rings. The van der Waals surface area contributed by atoms with Gasteiger partial charge in [-0.3, -0.25) is 4.79 Å². The lowest BCUT2D eigenvalue weighted by atomic mass is 9.84. The van der Waals surface area contributed by atoms with Crippen LogP contribution in [0.2, 0.25) is 0 Å². The molecule has 0 amide bonds. The Morgan fingerprint density at radius 1 is 1.19 bits per heavy atom. The van der Waals surface area contributed by atoms with Crippen molar-refractivity contribution < 1.29 is 9.53 Å². The van der Waals surface area contributed by atoms with Gasteiger partial charge in [-0.05, 0) is 17.7 Å². The van der Waals surface area contributed by atoms with Crippen LogP contribution in [-0.2, 0) is 4.79 Å². The maximum atomic E-state index is 12.0. The minimum atomic E-state index is -0.392. The standard InChI is InChI=1S/C14H18O2/c1-10(13(15)14(2,3)4)11-6-8-12(16-5)9-7-11/h6-9H,1H2,2-5H3. The molecule has 0 heterocycles. The van der Waals surface area contributed by atoms with Crippen LogP contribution in [0.4, 0.5) is 0 Å². The third-order valence-corrected chi connectivity index (χ3v) is 2.39. The fourth-order valence-corrected chi connectivity index (χ4v) is 1.38. The first-order valence-electron chi connectivity index (χ1n) is 5.24. The Balaban J connectivity index is 2.93. The second-order valence-electron chi connectivity index (χ2n) is 4.79. The third kappa shape index (κ3) is 2.72. The first-order chi connectivity index (χ1) is 7.36. The van der Waals surface area contributed by atoms with Gasteiger partial charge in [0.25, 0.3) is 0 Å². The van der Waals surface area contributed by atoms with E-state index in [9.17, 15) is 4.79 Å². The lowest BCUT2D eigenvalue weighted by molar-refractivity contribution is -0.120. The normalized spacial score (nSPS) is 11.0. The van der Waals surface area contributed by atoms with Crippen LogP contribution >= 0.6 is 0 Å². The third-order valence-electron chi connectivity index (χ3n) is 2.39. The lowest BCUT2D eigenvalue weighted by Gasteiger charge is -2.18. The molecule has 16 heavy (non-hydrogen) atoms. The van der Waals surface area contributed by atoms with Crippen LogP contribution in [-0.4, -0.2) is 12.9 Å². The van der Waals surface area contributed by atoms with Crippen molar-refractivity contribution in [3.63, 3.8) is 0 Å². The fraction of sp³-hybridized carbons (Fsp3) is 0.357. The highest BCUT2D eigenvalue weighted by atomic mass is 16.5. The van der Waals surface area contributed by atoms with Gasteiger partial charge in [0.05, 0.1) is 7.11 Å². The summed E-state index contributed by atoms with van der Waals surface area (Å²) in [5.74, 6) is 0.845. The highest BCUT2D eigenvalue weighted by Gasteiger charge is 2.24. The monoisotopic (exact) mass is 218 g/mol. The van der Waals surface area contributed by atoms with Crippen LogP contribution in [0.3, 0.4) is 0 Å². The van der Waals surface area contributed by atoms with Crippen molar-refractivity contribution in [1.29, 1.82) is 0 Å². The lowest BCUT2D eigenvalue weighted by Crippen LogP contribution is -2.20. The van der Waals surface area contributed by atoms with Crippen molar-refractivity contribution in [2.75, 3.05) is 7.11 Å². The van der Waals surface area contributed by atoms with Crippen molar-refractivity contribution in [2.45, 2.75) is 20.8 Å². The van der Waals surface area contributed by atoms with Gasteiger partial charge < -0.3 is 4.74 Å². The SMILES string of the molecule is C=C(C(=O)C(C)(C)C)c1ccc(OC)cc1. The molecule has 0 saturated heterocycles. The van der Waals surface area contributed by atoms with Crippen LogP contribution < -0.4 is 4.74 Å². The Labute approximate surface area is 96.9 Å². The van der Waals surface area contributed by atoms with Crippen LogP contribution in [0.5, 0.6) is 5.75 Å². The number of methoxy groups -OCH3 is 1. The average Bonchev–Trinajstić information content (AvgIpc) is 2.26. The molecule has 1 rings (SSSR count). The molecule has 0 aliphatic carbocycles. The molecule has 0 saturated carbocycles. The second-order valence-corrected chi connectivity index (χ2v) is 4.79. The van der Waals surface area contributed by atoms with Crippen LogP contribution in [0.1, 0.15) is 26.3 Å². The van der Waals surface area contributed by atoms with E-state index < -0.39 is 5.41 Å². The summed E-state index contributed by atoms with van der Waals surface area (Å²) in [5, 5.41) is 0. The smallest absolute Gasteiger partial charge is 0.168 e. The first-order valence-corrected chi connectivity index (χ1v) is 5.24. The summed E-state index contributed by atoms with van der Waals surface area (Å²) in [6.45, 7) is 9.54. The predicted octanol–water partition coefficient (Wildman–Crippen LogP) is 3.32. The zero-order chi connectivity index (χ0) is 12.3. The summed E-state index contributed by atoms with van der Waals surface area (Å²) in [4.78, 5) is 12.0. The molecule has 1 aromatic rings. The van der Waals surface area contributed by atoms with Gasteiger partial charge in [-0.15, -0.1) is 0 Å². The van der Waals surface area contributed by atoms with Crippen LogP contribution in [0.25, 0.3) is 5.57 Å². The molecule has 0 aliphatic rings. The van der Waals surface area contributed by atoms with Crippen LogP contribution in [0.15, 0.2) is 30.8 Å². The molecule has 1 aromatic carbocycles. The molecule has 0 N–H and O–H groups in total. The van der Waals surface area contributed by atoms with Gasteiger partial charge in [-0.2, -0.15) is 0 Å². The van der Waals surface area contributed by atoms with Gasteiger partial charge in [0, 0.05) is 11.0 Å². The molecule has 2 nitrogen and oxygen atoms in total. The summed E-state index contributed by atoms with van der Waals surface area (Å²) < 4.78 is 5.06. The molecule has 0 bridgehead atoms. The fourth-order valence-electron chi connectivity index (χ4n) is 1.38. The molecule has 2 heteroatoms. The quantitative estimate of drug-likeness (QED) is 0.727. The highest BCUT2D eigenvalue weighted by Crippen LogP contribution is 2.26. The summed E-state index contributed by atoms with van der Waals surface area (Å²) >= 11 is 0. The minimum absolute atomic E-state index is 0.0673. The van der Waals surface area contributed by atoms with E-state index >= 15 is 0 Å². The molecule has 0 aliphatic heterocycles. The van der Waals surface area contributed by atoms with E-state index in [1.807, 2.05) is 45.0 Å². The number of allylic oxidation sites excluding steroid dienone is 1. The van der Waals surface area contributed by atoms with Gasteiger partial charge in [0.2, 0.25) is 0 Å². The number of ether oxygens (including phenoxy) is 1. The largest absolute Gasteiger partial charge is 0.497 e. The zero-order valence-corrected chi connectivity index (χ0v) is 10.3. The minimum Gasteiger partial charge on any atom is -0.497 e. The molecular weight excluding hydrogens is 200 g/mol. The molecule has 0 atom stereocenters. The molecule has 86 valence electrons. The Hall–Kier alpha value is -1.57. The maximum Gasteiger partial charge on any atom is 0.168 e. The Bertz CT molecular complexity index is 394. The maximum absolute atomic E-state index is 12.0. The molecular formula is C14H18O2.